The van der Waals surface area contributed by atoms with Crippen LogP contribution in [0.5, 0.6) is 6.01 Å². The van der Waals surface area contributed by atoms with E-state index < -0.39 is 23.6 Å². The Bertz CT molecular complexity index is 3070. The molecular formula is C57H68ClN11O5S. The summed E-state index contributed by atoms with van der Waals surface area (Å²) >= 11 is 8.37. The third-order valence-corrected chi connectivity index (χ3v) is 17.7. The number of likely N-dealkylation sites (tertiary alicyclic amines) is 3. The summed E-state index contributed by atoms with van der Waals surface area (Å²) in [6, 6.07) is 22.0. The molecule has 3 aromatic heterocycles. The average Bonchev–Trinajstić information content (AvgIpc) is 4.21. The first-order chi connectivity index (χ1) is 36.1. The lowest BCUT2D eigenvalue weighted by atomic mass is 9.84. The number of hydrogen-bond donors (Lipinski definition) is 4. The molecule has 8 heterocycles. The molecule has 5 saturated heterocycles. The number of ether oxygens (including phenoxy) is 1. The normalized spacial score (nSPS) is 24.0. The Labute approximate surface area is 447 Å². The summed E-state index contributed by atoms with van der Waals surface area (Å²) in [6.07, 6.45) is 5.72. The molecule has 3 aromatic carbocycles. The van der Waals surface area contributed by atoms with Crippen LogP contribution in [0.2, 0.25) is 5.02 Å². The lowest BCUT2D eigenvalue weighted by molar-refractivity contribution is -0.144. The number of halogens is 1. The van der Waals surface area contributed by atoms with Crippen molar-refractivity contribution in [2.75, 3.05) is 57.8 Å². The van der Waals surface area contributed by atoms with Crippen LogP contribution < -0.4 is 25.6 Å². The van der Waals surface area contributed by atoms with Crippen LogP contribution in [0.1, 0.15) is 70.6 Å². The highest BCUT2D eigenvalue weighted by Crippen LogP contribution is 2.37. The second-order valence-corrected chi connectivity index (χ2v) is 23.9. The van der Waals surface area contributed by atoms with E-state index in [2.05, 4.69) is 60.9 Å². The zero-order chi connectivity index (χ0) is 52.1. The minimum atomic E-state index is -0.882. The SMILES string of the molecule is Cc1ncsc1-c1ccc(CNC(=O)[C@@H]2C[C@@H](O)CN2C(=O)[C@@H](NC(=O)C2CCN([C@H]3C[C@@H](COc4nc(N5CC6CCC(C5)N6)c5cnc(-c6cccc7cccc(Cl)c67)cc5n4)N(C)C3)CC2)C(C)(C)C)cc1. The number of hydrogen-bond acceptors (Lipinski definition) is 14. The summed E-state index contributed by atoms with van der Waals surface area (Å²) in [5.41, 5.74) is 6.65. The molecular weight excluding hydrogens is 986 g/mol. The highest BCUT2D eigenvalue weighted by atomic mass is 35.5. The fourth-order valence-electron chi connectivity index (χ4n) is 12.2. The molecule has 5 fully saturated rings. The zero-order valence-electron chi connectivity index (χ0n) is 43.5. The number of fused-ring (bicyclic) bond motifs is 4. The first-order valence-electron chi connectivity index (χ1n) is 26.6. The number of thiazole rings is 1. The van der Waals surface area contributed by atoms with Crippen molar-refractivity contribution in [1.82, 2.24) is 50.6 Å². The second-order valence-electron chi connectivity index (χ2n) is 22.6. The molecule has 16 nitrogen and oxygen atoms in total. The fourth-order valence-corrected chi connectivity index (χ4v) is 13.3. The van der Waals surface area contributed by atoms with Crippen molar-refractivity contribution in [1.29, 1.82) is 0 Å². The lowest BCUT2D eigenvalue weighted by Gasteiger charge is -2.38. The minimum absolute atomic E-state index is 0.0251. The summed E-state index contributed by atoms with van der Waals surface area (Å²) in [5.74, 6) is -0.243. The van der Waals surface area contributed by atoms with Crippen molar-refractivity contribution in [2.24, 2.45) is 11.3 Å². The van der Waals surface area contributed by atoms with E-state index in [1.807, 2.05) is 87.9 Å². The van der Waals surface area contributed by atoms with Gasteiger partial charge in [0.05, 0.1) is 38.8 Å². The third kappa shape index (κ3) is 10.8. The Kier molecular flexibility index (Phi) is 14.6. The number of pyridine rings is 1. The van der Waals surface area contributed by atoms with Gasteiger partial charge in [0.1, 0.15) is 24.5 Å². The van der Waals surface area contributed by atoms with E-state index in [1.54, 1.807) is 11.3 Å². The van der Waals surface area contributed by atoms with Crippen molar-refractivity contribution in [2.45, 2.75) is 115 Å². The van der Waals surface area contributed by atoms with E-state index in [4.69, 9.17) is 31.3 Å². The maximum Gasteiger partial charge on any atom is 0.319 e. The number of aliphatic hydroxyl groups is 1. The zero-order valence-corrected chi connectivity index (χ0v) is 45.0. The number of piperidine rings is 1. The van der Waals surface area contributed by atoms with Gasteiger partial charge in [0, 0.05) is 91.4 Å². The standard InChI is InChI=1S/C57H68ClN11O5S/c1-33-50(75-32-61-33)36-14-12-34(13-15-36)25-60-54(72)48-23-42(70)30-69(48)55(73)51(57(2,3)4)64-53(71)37-18-20-67(21-19-37)40-22-41(66(5)29-40)31-74-56-63-47-24-46(43-10-6-8-35-9-7-11-45(58)49(35)43)59-26-44(47)52(65-56)68-27-38-16-17-39(28-68)62-38/h6-15,24,26,32,37-42,48,51,62,70H,16-23,25,27-31H2,1-5H3,(H,60,72)(H,64,71)/t38?,39?,40-,41-,42+,48-,51+/m0/s1. The molecule has 18 heteroatoms. The maximum absolute atomic E-state index is 14.4. The predicted octanol–water partition coefficient (Wildman–Crippen LogP) is 6.84. The van der Waals surface area contributed by atoms with Gasteiger partial charge in [-0.05, 0) is 93.2 Å². The van der Waals surface area contributed by atoms with Crippen molar-refractivity contribution in [3.05, 3.63) is 94.7 Å². The number of carbonyl (C=O) groups is 3. The van der Waals surface area contributed by atoms with Gasteiger partial charge in [0.15, 0.2) is 0 Å². The Balaban J connectivity index is 0.709. The van der Waals surface area contributed by atoms with E-state index in [0.717, 1.165) is 112 Å². The van der Waals surface area contributed by atoms with Crippen molar-refractivity contribution < 1.29 is 24.2 Å². The molecule has 11 rings (SSSR count). The first-order valence-corrected chi connectivity index (χ1v) is 27.9. The van der Waals surface area contributed by atoms with Gasteiger partial charge in [-0.25, -0.2) is 4.98 Å². The highest BCUT2D eigenvalue weighted by molar-refractivity contribution is 7.13. The van der Waals surface area contributed by atoms with Crippen molar-refractivity contribution >= 4 is 68.2 Å². The van der Waals surface area contributed by atoms with Gasteiger partial charge in [-0.1, -0.05) is 87.0 Å². The number of aryl methyl sites for hydroxylation is 1. The summed E-state index contributed by atoms with van der Waals surface area (Å²) in [7, 11) is 2.14. The number of amides is 3. The van der Waals surface area contributed by atoms with Crippen LogP contribution >= 0.6 is 22.9 Å². The monoisotopic (exact) mass is 1050 g/mol. The Morgan fingerprint density at radius 1 is 0.920 bits per heavy atom. The summed E-state index contributed by atoms with van der Waals surface area (Å²) in [4.78, 5) is 71.5. The maximum atomic E-state index is 14.4. The van der Waals surface area contributed by atoms with Gasteiger partial charge in [-0.2, -0.15) is 9.97 Å². The molecule has 2 unspecified atom stereocenters. The summed E-state index contributed by atoms with van der Waals surface area (Å²) < 4.78 is 6.59. The molecule has 2 bridgehead atoms. The summed E-state index contributed by atoms with van der Waals surface area (Å²) in [5, 5.41) is 24.2. The number of carbonyl (C=O) groups excluding carboxylic acids is 3. The number of likely N-dealkylation sites (N-methyl/N-ethyl adjacent to an activating group) is 1. The molecule has 4 N–H and O–H groups in total. The molecule has 5 aliphatic rings. The number of rotatable bonds is 13. The van der Waals surface area contributed by atoms with E-state index in [-0.39, 0.29) is 49.2 Å². The third-order valence-electron chi connectivity index (χ3n) is 16.4. The number of aliphatic hydroxyl groups excluding tert-OH is 1. The largest absolute Gasteiger partial charge is 0.462 e. The summed E-state index contributed by atoms with van der Waals surface area (Å²) in [6.45, 7) is 12.6. The Morgan fingerprint density at radius 3 is 2.39 bits per heavy atom. The van der Waals surface area contributed by atoms with Gasteiger partial charge in [-0.3, -0.25) is 29.2 Å². The minimum Gasteiger partial charge on any atom is -0.462 e. The van der Waals surface area contributed by atoms with Crippen LogP contribution in [-0.4, -0.2) is 153 Å². The molecule has 7 atom stereocenters. The topological polar surface area (TPSA) is 181 Å². The van der Waals surface area contributed by atoms with Crippen LogP contribution in [0.25, 0.3) is 43.4 Å². The molecule has 0 aliphatic carbocycles. The van der Waals surface area contributed by atoms with Crippen LogP contribution in [0, 0.1) is 18.3 Å². The predicted molar refractivity (Wildman–Crippen MR) is 294 cm³/mol. The van der Waals surface area contributed by atoms with Crippen molar-refractivity contribution in [3.63, 3.8) is 0 Å². The molecule has 0 saturated carbocycles. The van der Waals surface area contributed by atoms with E-state index in [0.29, 0.717) is 48.6 Å². The molecule has 3 amide bonds. The quantitative estimate of drug-likeness (QED) is 0.0945. The van der Waals surface area contributed by atoms with Gasteiger partial charge in [0.25, 0.3) is 0 Å². The molecule has 394 valence electrons. The highest BCUT2D eigenvalue weighted by Gasteiger charge is 2.46. The number of nitrogens with zero attached hydrogens (tertiary/aromatic N) is 8. The van der Waals surface area contributed by atoms with E-state index in [9.17, 15) is 19.5 Å². The smallest absolute Gasteiger partial charge is 0.319 e. The van der Waals surface area contributed by atoms with Gasteiger partial charge < -0.3 is 35.6 Å². The number of piperazine rings is 1. The number of aromatic nitrogens is 4. The number of benzene rings is 3. The molecule has 0 spiro atoms. The van der Waals surface area contributed by atoms with E-state index >= 15 is 0 Å². The van der Waals surface area contributed by atoms with E-state index in [1.165, 1.54) is 4.90 Å². The lowest BCUT2D eigenvalue weighted by Crippen LogP contribution is -2.59. The Hall–Kier alpha value is -5.82. The average molecular weight is 1050 g/mol. The van der Waals surface area contributed by atoms with Crippen LogP contribution in [0.4, 0.5) is 5.82 Å². The number of nitrogens with one attached hydrogen (secondary N) is 3. The Morgan fingerprint density at radius 2 is 1.67 bits per heavy atom. The number of anilines is 1. The van der Waals surface area contributed by atoms with Gasteiger partial charge in [-0.15, -0.1) is 11.3 Å². The van der Waals surface area contributed by atoms with Gasteiger partial charge in [0.2, 0.25) is 17.7 Å². The molecule has 0 radical (unpaired) electrons. The van der Waals surface area contributed by atoms with Gasteiger partial charge >= 0.3 is 6.01 Å². The first kappa shape index (κ1) is 51.3. The van der Waals surface area contributed by atoms with Crippen molar-refractivity contribution in [3.8, 4) is 27.7 Å². The second kappa shape index (κ2) is 21.3. The van der Waals surface area contributed by atoms with Crippen LogP contribution in [-0.2, 0) is 20.9 Å². The molecule has 6 aromatic rings. The molecule has 5 aliphatic heterocycles. The van der Waals surface area contributed by atoms with Crippen LogP contribution in [0.3, 0.4) is 0 Å². The fraction of sp³-hybridized carbons (Fsp3) is 0.491. The molecule has 75 heavy (non-hydrogen) atoms. The van der Waals surface area contributed by atoms with Crippen LogP contribution in [0.15, 0.2) is 78.4 Å². The number of β-amino-alcohol motifs (C(OH)–C–C–N with tert-alkyl or cyclic N) is 1.